The zero-order chi connectivity index (χ0) is 12.5. The Hall–Kier alpha value is -1.91. The van der Waals surface area contributed by atoms with Crippen LogP contribution in [0.1, 0.15) is 47.9 Å². The molecule has 2 aromatic heterocycles. The van der Waals surface area contributed by atoms with E-state index in [-0.39, 0.29) is 5.97 Å². The van der Waals surface area contributed by atoms with Crippen molar-refractivity contribution in [2.24, 2.45) is 0 Å². The first kappa shape index (κ1) is 11.2. The Bertz CT molecular complexity index is 585. The number of nitrogens with zero attached hydrogens (tertiary/aromatic N) is 3. The van der Waals surface area contributed by atoms with Gasteiger partial charge in [-0.05, 0) is 25.0 Å². The van der Waals surface area contributed by atoms with Crippen molar-refractivity contribution in [3.8, 4) is 0 Å². The summed E-state index contributed by atoms with van der Waals surface area (Å²) in [5.41, 5.74) is 1.21. The fourth-order valence-corrected chi connectivity index (χ4v) is 2.68. The van der Waals surface area contributed by atoms with Gasteiger partial charge in [-0.2, -0.15) is 0 Å². The second-order valence-electron chi connectivity index (χ2n) is 4.64. The van der Waals surface area contributed by atoms with E-state index in [1.165, 1.54) is 20.0 Å². The van der Waals surface area contributed by atoms with Gasteiger partial charge in [-0.25, -0.2) is 4.79 Å². The van der Waals surface area contributed by atoms with Crippen LogP contribution in [0.2, 0.25) is 0 Å². The van der Waals surface area contributed by atoms with Gasteiger partial charge in [0.15, 0.2) is 5.65 Å². The summed E-state index contributed by atoms with van der Waals surface area (Å²) in [4.78, 5) is 11.8. The molecule has 0 saturated heterocycles. The molecule has 94 valence electrons. The monoisotopic (exact) mass is 245 g/mol. The van der Waals surface area contributed by atoms with Crippen molar-refractivity contribution >= 4 is 11.6 Å². The molecule has 1 fully saturated rings. The molecule has 0 bridgehead atoms. The molecule has 0 aliphatic heterocycles. The zero-order valence-electron chi connectivity index (χ0n) is 10.3. The number of aromatic nitrogens is 3. The molecule has 0 spiro atoms. The molecular formula is C13H15N3O2. The van der Waals surface area contributed by atoms with Crippen LogP contribution in [0.4, 0.5) is 0 Å². The summed E-state index contributed by atoms with van der Waals surface area (Å²) >= 11 is 0. The van der Waals surface area contributed by atoms with Crippen molar-refractivity contribution in [2.45, 2.75) is 31.6 Å². The summed E-state index contributed by atoms with van der Waals surface area (Å²) in [7, 11) is 1.39. The van der Waals surface area contributed by atoms with Gasteiger partial charge in [-0.15, -0.1) is 10.2 Å². The third-order valence-electron chi connectivity index (χ3n) is 3.57. The Morgan fingerprint density at radius 1 is 1.33 bits per heavy atom. The lowest BCUT2D eigenvalue weighted by Crippen LogP contribution is -2.11. The number of hydrogen-bond donors (Lipinski definition) is 0. The molecule has 0 amide bonds. The van der Waals surface area contributed by atoms with Crippen molar-refractivity contribution in [2.75, 3.05) is 7.11 Å². The first-order chi connectivity index (χ1) is 8.81. The molecule has 2 aromatic rings. The largest absolute Gasteiger partial charge is 0.464 e. The molecule has 2 heterocycles. The van der Waals surface area contributed by atoms with Crippen molar-refractivity contribution in [1.82, 2.24) is 14.6 Å². The van der Waals surface area contributed by atoms with Gasteiger partial charge in [-0.1, -0.05) is 18.9 Å². The Morgan fingerprint density at radius 3 is 2.83 bits per heavy atom. The van der Waals surface area contributed by atoms with Crippen LogP contribution in [-0.2, 0) is 4.74 Å². The maximum atomic E-state index is 11.8. The van der Waals surface area contributed by atoms with Gasteiger partial charge in [0.05, 0.1) is 7.11 Å². The van der Waals surface area contributed by atoms with Crippen LogP contribution < -0.4 is 0 Å². The van der Waals surface area contributed by atoms with E-state index in [0.29, 0.717) is 17.3 Å². The Morgan fingerprint density at radius 2 is 2.11 bits per heavy atom. The van der Waals surface area contributed by atoms with Crippen LogP contribution in [0.15, 0.2) is 18.2 Å². The van der Waals surface area contributed by atoms with Crippen LogP contribution in [0, 0.1) is 0 Å². The molecule has 3 rings (SSSR count). The number of esters is 1. The quantitative estimate of drug-likeness (QED) is 0.761. The Balaban J connectivity index is 2.17. The average molecular weight is 245 g/mol. The van der Waals surface area contributed by atoms with Gasteiger partial charge in [0.25, 0.3) is 0 Å². The fraction of sp³-hybridized carbons (Fsp3) is 0.462. The highest BCUT2D eigenvalue weighted by atomic mass is 16.5. The topological polar surface area (TPSA) is 56.5 Å². The molecule has 0 aromatic carbocycles. The third-order valence-corrected chi connectivity index (χ3v) is 3.57. The lowest BCUT2D eigenvalue weighted by atomic mass is 10.1. The summed E-state index contributed by atoms with van der Waals surface area (Å²) in [5, 5.41) is 8.41. The molecule has 1 aliphatic carbocycles. The minimum absolute atomic E-state index is 0.348. The van der Waals surface area contributed by atoms with Crippen molar-refractivity contribution in [1.29, 1.82) is 0 Å². The van der Waals surface area contributed by atoms with Crippen molar-refractivity contribution < 1.29 is 9.53 Å². The molecule has 18 heavy (non-hydrogen) atoms. The predicted molar refractivity (Wildman–Crippen MR) is 65.5 cm³/mol. The first-order valence-electron chi connectivity index (χ1n) is 6.23. The normalized spacial score (nSPS) is 16.3. The van der Waals surface area contributed by atoms with Crippen LogP contribution >= 0.6 is 0 Å². The molecule has 0 atom stereocenters. The highest BCUT2D eigenvalue weighted by Crippen LogP contribution is 2.33. The molecule has 0 unspecified atom stereocenters. The fourth-order valence-electron chi connectivity index (χ4n) is 2.68. The average Bonchev–Trinajstić information content (AvgIpc) is 3.05. The van der Waals surface area contributed by atoms with Crippen LogP contribution in [0.5, 0.6) is 0 Å². The van der Waals surface area contributed by atoms with Gasteiger partial charge in [0.1, 0.15) is 11.5 Å². The van der Waals surface area contributed by atoms with Crippen molar-refractivity contribution in [3.63, 3.8) is 0 Å². The summed E-state index contributed by atoms with van der Waals surface area (Å²) in [6.45, 7) is 0. The molecule has 1 aliphatic rings. The maximum Gasteiger partial charge on any atom is 0.355 e. The summed E-state index contributed by atoms with van der Waals surface area (Å²) in [6, 6.07) is 5.41. The van der Waals surface area contributed by atoms with Crippen molar-refractivity contribution in [3.05, 3.63) is 29.7 Å². The summed E-state index contributed by atoms with van der Waals surface area (Å²) in [6.07, 6.45) is 4.69. The maximum absolute atomic E-state index is 11.8. The second kappa shape index (κ2) is 4.40. The smallest absolute Gasteiger partial charge is 0.355 e. The van der Waals surface area contributed by atoms with Gasteiger partial charge >= 0.3 is 5.97 Å². The number of carbonyl (C=O) groups excluding carboxylic acids is 1. The second-order valence-corrected chi connectivity index (χ2v) is 4.64. The number of ether oxygens (including phenoxy) is 1. The van der Waals surface area contributed by atoms with Crippen LogP contribution in [0.25, 0.3) is 5.65 Å². The number of methoxy groups -OCH3 is 1. The molecule has 0 N–H and O–H groups in total. The van der Waals surface area contributed by atoms with E-state index in [0.717, 1.165) is 18.7 Å². The summed E-state index contributed by atoms with van der Waals surface area (Å²) < 4.78 is 6.65. The molecule has 5 nitrogen and oxygen atoms in total. The molecule has 0 radical (unpaired) electrons. The highest BCUT2D eigenvalue weighted by molar-refractivity contribution is 5.88. The van der Waals surface area contributed by atoms with Crippen LogP contribution in [-0.4, -0.2) is 27.7 Å². The zero-order valence-corrected chi connectivity index (χ0v) is 10.3. The number of hydrogen-bond acceptors (Lipinski definition) is 4. The first-order valence-corrected chi connectivity index (χ1v) is 6.23. The predicted octanol–water partition coefficient (Wildman–Crippen LogP) is 2.17. The highest BCUT2D eigenvalue weighted by Gasteiger charge is 2.24. The van der Waals surface area contributed by atoms with E-state index >= 15 is 0 Å². The lowest BCUT2D eigenvalue weighted by molar-refractivity contribution is 0.0592. The molecular weight excluding hydrogens is 230 g/mol. The van der Waals surface area contributed by atoms with E-state index < -0.39 is 0 Å². The van der Waals surface area contributed by atoms with Crippen LogP contribution in [0.3, 0.4) is 0 Å². The number of pyridine rings is 1. The minimum Gasteiger partial charge on any atom is -0.464 e. The van der Waals surface area contributed by atoms with E-state index in [1.807, 2.05) is 10.5 Å². The Kier molecular flexibility index (Phi) is 2.74. The SMILES string of the molecule is COC(=O)c1cccc2nnc(C3CCCC3)n12. The van der Waals surface area contributed by atoms with Gasteiger partial charge in [0.2, 0.25) is 0 Å². The van der Waals surface area contributed by atoms with E-state index in [2.05, 4.69) is 10.2 Å². The van der Waals surface area contributed by atoms with Gasteiger partial charge < -0.3 is 4.74 Å². The third kappa shape index (κ3) is 1.66. The Labute approximate surface area is 105 Å². The lowest BCUT2D eigenvalue weighted by Gasteiger charge is -2.09. The number of rotatable bonds is 2. The van der Waals surface area contributed by atoms with E-state index in [1.54, 1.807) is 12.1 Å². The van der Waals surface area contributed by atoms with Gasteiger partial charge in [0, 0.05) is 5.92 Å². The molecule has 5 heteroatoms. The standard InChI is InChI=1S/C13H15N3O2/c1-18-13(17)10-7-4-8-11-14-15-12(16(10)11)9-5-2-3-6-9/h4,7-9H,2-3,5-6H2,1H3. The van der Waals surface area contributed by atoms with E-state index in [4.69, 9.17) is 4.74 Å². The molecule has 1 saturated carbocycles. The van der Waals surface area contributed by atoms with E-state index in [9.17, 15) is 4.79 Å². The summed E-state index contributed by atoms with van der Waals surface area (Å²) in [5.74, 6) is 0.953. The number of carbonyl (C=O) groups is 1. The minimum atomic E-state index is -0.348. The van der Waals surface area contributed by atoms with Gasteiger partial charge in [-0.3, -0.25) is 4.40 Å². The number of fused-ring (bicyclic) bond motifs is 1.